The van der Waals surface area contributed by atoms with Crippen LogP contribution in [0.3, 0.4) is 0 Å². The molecule has 0 aliphatic heterocycles. The molecule has 1 aliphatic carbocycles. The summed E-state index contributed by atoms with van der Waals surface area (Å²) in [6.45, 7) is 1.88. The molecular weight excluding hydrogens is 420 g/mol. The Bertz CT molecular complexity index is 1240. The van der Waals surface area contributed by atoms with Crippen molar-refractivity contribution in [2.45, 2.75) is 31.8 Å². The van der Waals surface area contributed by atoms with E-state index in [1.807, 2.05) is 55.5 Å². The predicted molar refractivity (Wildman–Crippen MR) is 123 cm³/mol. The van der Waals surface area contributed by atoms with Crippen molar-refractivity contribution in [1.29, 1.82) is 0 Å². The summed E-state index contributed by atoms with van der Waals surface area (Å²) in [6.07, 6.45) is 11.4. The van der Waals surface area contributed by atoms with Gasteiger partial charge in [-0.1, -0.05) is 48.6 Å². The van der Waals surface area contributed by atoms with E-state index in [9.17, 15) is 14.4 Å². The van der Waals surface area contributed by atoms with Gasteiger partial charge in [-0.05, 0) is 37.0 Å². The molecule has 2 atom stereocenters. The average Bonchev–Trinajstić information content (AvgIpc) is 3.38. The van der Waals surface area contributed by atoms with E-state index in [2.05, 4.69) is 25.7 Å². The quantitative estimate of drug-likeness (QED) is 0.516. The van der Waals surface area contributed by atoms with Gasteiger partial charge in [-0.3, -0.25) is 19.4 Å². The Balaban J connectivity index is 1.55. The van der Waals surface area contributed by atoms with Gasteiger partial charge < -0.3 is 10.6 Å². The van der Waals surface area contributed by atoms with Crippen LogP contribution >= 0.6 is 0 Å². The molecule has 0 saturated heterocycles. The van der Waals surface area contributed by atoms with Crippen LogP contribution in [0.1, 0.15) is 41.7 Å². The first-order valence-electron chi connectivity index (χ1n) is 10.6. The zero-order valence-electron chi connectivity index (χ0n) is 18.1. The maximum Gasteiger partial charge on any atom is 0.265 e. The van der Waals surface area contributed by atoms with Gasteiger partial charge in [0.25, 0.3) is 11.5 Å². The number of carbonyl (C=O) groups is 2. The highest BCUT2D eigenvalue weighted by atomic mass is 16.2. The Morgan fingerprint density at radius 1 is 1.15 bits per heavy atom. The third-order valence-electron chi connectivity index (χ3n) is 5.36. The molecule has 0 fully saturated rings. The molecule has 3 aromatic rings. The summed E-state index contributed by atoms with van der Waals surface area (Å²) in [5.74, 6) is -0.842. The van der Waals surface area contributed by atoms with Crippen LogP contribution in [-0.2, 0) is 4.79 Å². The van der Waals surface area contributed by atoms with Crippen molar-refractivity contribution in [2.24, 2.45) is 0 Å². The van der Waals surface area contributed by atoms with E-state index in [4.69, 9.17) is 0 Å². The largest absolute Gasteiger partial charge is 0.347 e. The van der Waals surface area contributed by atoms with Crippen LogP contribution in [0.4, 0.5) is 0 Å². The molecule has 1 unspecified atom stereocenters. The van der Waals surface area contributed by atoms with E-state index in [0.717, 1.165) is 17.6 Å². The second-order valence-electron chi connectivity index (χ2n) is 7.66. The van der Waals surface area contributed by atoms with Crippen LogP contribution in [0.2, 0.25) is 0 Å². The third-order valence-corrected chi connectivity index (χ3v) is 5.36. The molecule has 9 nitrogen and oxygen atoms in total. The topological polar surface area (TPSA) is 122 Å². The first kappa shape index (κ1) is 21.9. The Hall–Kier alpha value is -4.27. The molecule has 3 N–H and O–H groups in total. The second kappa shape index (κ2) is 9.90. The minimum Gasteiger partial charge on any atom is -0.347 e. The number of carbonyl (C=O) groups excluding carboxylic acids is 2. The molecule has 0 bridgehead atoms. The first-order valence-corrected chi connectivity index (χ1v) is 10.6. The zero-order valence-corrected chi connectivity index (χ0v) is 18.1. The molecule has 4 rings (SSSR count). The molecule has 1 aromatic carbocycles. The lowest BCUT2D eigenvalue weighted by Crippen LogP contribution is -2.49. The van der Waals surface area contributed by atoms with Gasteiger partial charge in [0.15, 0.2) is 0 Å². The number of aromatic nitrogens is 4. The van der Waals surface area contributed by atoms with Crippen LogP contribution in [0.5, 0.6) is 0 Å². The molecule has 9 heteroatoms. The Labute approximate surface area is 190 Å². The summed E-state index contributed by atoms with van der Waals surface area (Å²) in [5.41, 5.74) is 0.901. The third kappa shape index (κ3) is 5.15. The van der Waals surface area contributed by atoms with Crippen molar-refractivity contribution in [3.8, 4) is 5.95 Å². The summed E-state index contributed by atoms with van der Waals surface area (Å²) in [4.78, 5) is 45.3. The van der Waals surface area contributed by atoms with Gasteiger partial charge in [-0.25, -0.2) is 9.67 Å². The van der Waals surface area contributed by atoms with Crippen molar-refractivity contribution in [3.05, 3.63) is 100 Å². The van der Waals surface area contributed by atoms with Crippen molar-refractivity contribution in [3.63, 3.8) is 0 Å². The van der Waals surface area contributed by atoms with E-state index in [1.165, 1.54) is 10.9 Å². The summed E-state index contributed by atoms with van der Waals surface area (Å²) in [6, 6.07) is 10.1. The molecular formula is C24H24N6O3. The average molecular weight is 444 g/mol. The number of allylic oxidation sites excluding steroid dienone is 3. The summed E-state index contributed by atoms with van der Waals surface area (Å²) in [7, 11) is 0. The van der Waals surface area contributed by atoms with E-state index in [-0.39, 0.29) is 23.5 Å². The van der Waals surface area contributed by atoms with Crippen LogP contribution in [0, 0.1) is 0 Å². The van der Waals surface area contributed by atoms with Crippen molar-refractivity contribution < 1.29 is 9.59 Å². The normalized spacial score (nSPS) is 14.8. The molecule has 0 spiro atoms. The Morgan fingerprint density at radius 2 is 1.97 bits per heavy atom. The summed E-state index contributed by atoms with van der Waals surface area (Å²) < 4.78 is 1.38. The van der Waals surface area contributed by atoms with Crippen LogP contribution in [0.25, 0.3) is 5.95 Å². The van der Waals surface area contributed by atoms with E-state index in [0.29, 0.717) is 6.42 Å². The molecule has 168 valence electrons. The Kier molecular flexibility index (Phi) is 6.58. The van der Waals surface area contributed by atoms with Gasteiger partial charge in [0.1, 0.15) is 11.6 Å². The first-order chi connectivity index (χ1) is 16.0. The number of nitrogens with one attached hydrogen (secondary N) is 3. The standard InChI is InChI=1S/C24H24N6O3/c1-16(17-9-4-2-5-10-17)27-23(33)20(18-11-6-3-7-12-18)28-21(31)19-15-25-24(29-22(19)32)30-14-8-13-26-30/h2-6,8-11,13-16,20H,7,12H2,1H3,(H,27,33)(H,28,31)(H,25,29,32)/t16-,20?/m1/s1. The fourth-order valence-corrected chi connectivity index (χ4v) is 3.58. The molecule has 2 amide bonds. The second-order valence-corrected chi connectivity index (χ2v) is 7.66. The fourth-order valence-electron chi connectivity index (χ4n) is 3.58. The SMILES string of the molecule is C[C@@H](NC(=O)C(NC(=O)c1cnc(-n2cccn2)[nH]c1=O)C1=CC=CCC1)c1ccccc1. The molecule has 2 heterocycles. The lowest BCUT2D eigenvalue weighted by atomic mass is 9.96. The maximum absolute atomic E-state index is 13.2. The monoisotopic (exact) mass is 444 g/mol. The zero-order chi connectivity index (χ0) is 23.2. The number of aromatic amines is 1. The van der Waals surface area contributed by atoms with Crippen molar-refractivity contribution >= 4 is 11.8 Å². The molecule has 0 radical (unpaired) electrons. The number of nitrogens with zero attached hydrogens (tertiary/aromatic N) is 3. The lowest BCUT2D eigenvalue weighted by molar-refractivity contribution is -0.122. The van der Waals surface area contributed by atoms with Crippen molar-refractivity contribution in [1.82, 2.24) is 30.4 Å². The van der Waals surface area contributed by atoms with E-state index < -0.39 is 17.5 Å². The number of benzene rings is 1. The van der Waals surface area contributed by atoms with Crippen LogP contribution in [-0.4, -0.2) is 37.6 Å². The minimum absolute atomic E-state index is 0.188. The molecule has 33 heavy (non-hydrogen) atoms. The predicted octanol–water partition coefficient (Wildman–Crippen LogP) is 2.21. The molecule has 0 saturated carbocycles. The van der Waals surface area contributed by atoms with Gasteiger partial charge in [0, 0.05) is 18.6 Å². The maximum atomic E-state index is 13.2. The van der Waals surface area contributed by atoms with Crippen molar-refractivity contribution in [2.75, 3.05) is 0 Å². The highest BCUT2D eigenvalue weighted by Crippen LogP contribution is 2.18. The van der Waals surface area contributed by atoms with Gasteiger partial charge in [0.2, 0.25) is 11.9 Å². The lowest BCUT2D eigenvalue weighted by Gasteiger charge is -2.24. The highest BCUT2D eigenvalue weighted by molar-refractivity contribution is 5.98. The van der Waals surface area contributed by atoms with Crippen LogP contribution in [0.15, 0.2) is 83.6 Å². The summed E-state index contributed by atoms with van der Waals surface area (Å²) >= 11 is 0. The van der Waals surface area contributed by atoms with E-state index in [1.54, 1.807) is 18.5 Å². The van der Waals surface area contributed by atoms with Gasteiger partial charge in [-0.15, -0.1) is 0 Å². The Morgan fingerprint density at radius 3 is 2.64 bits per heavy atom. The number of amides is 2. The molecule has 1 aliphatic rings. The molecule has 2 aromatic heterocycles. The summed E-state index contributed by atoms with van der Waals surface area (Å²) in [5, 5.41) is 9.68. The van der Waals surface area contributed by atoms with Gasteiger partial charge >= 0.3 is 0 Å². The fraction of sp³-hybridized carbons (Fsp3) is 0.208. The number of hydrogen-bond donors (Lipinski definition) is 3. The van der Waals surface area contributed by atoms with Crippen LogP contribution < -0.4 is 16.2 Å². The smallest absolute Gasteiger partial charge is 0.265 e. The number of rotatable bonds is 7. The highest BCUT2D eigenvalue weighted by Gasteiger charge is 2.28. The van der Waals surface area contributed by atoms with Gasteiger partial charge in [-0.2, -0.15) is 5.10 Å². The minimum atomic E-state index is -0.918. The number of hydrogen-bond acceptors (Lipinski definition) is 5. The number of H-pyrrole nitrogens is 1. The van der Waals surface area contributed by atoms with E-state index >= 15 is 0 Å². The van der Waals surface area contributed by atoms with Gasteiger partial charge in [0.05, 0.1) is 6.04 Å².